The molecule has 18 heavy (non-hydrogen) atoms. The Morgan fingerprint density at radius 1 is 1.33 bits per heavy atom. The predicted molar refractivity (Wildman–Crippen MR) is 78.5 cm³/mol. The maximum absolute atomic E-state index is 5.97. The molecule has 3 rings (SSSR count). The van der Waals surface area contributed by atoms with Crippen LogP contribution in [-0.4, -0.2) is 24.0 Å². The maximum atomic E-state index is 5.97. The van der Waals surface area contributed by atoms with Crippen LogP contribution in [0.5, 0.6) is 0 Å². The Kier molecular flexibility index (Phi) is 3.48. The number of nitrogens with zero attached hydrogens (tertiary/aromatic N) is 1. The lowest BCUT2D eigenvalue weighted by Crippen LogP contribution is -2.29. The summed E-state index contributed by atoms with van der Waals surface area (Å²) in [7, 11) is 0. The number of hydrogen-bond acceptors (Lipinski definition) is 2. The minimum Gasteiger partial charge on any atom is -0.330 e. The van der Waals surface area contributed by atoms with Gasteiger partial charge in [0, 0.05) is 16.6 Å². The summed E-state index contributed by atoms with van der Waals surface area (Å²) in [6, 6.07) is 8.17. The minimum absolute atomic E-state index is 0.541. The van der Waals surface area contributed by atoms with E-state index in [1.54, 1.807) is 0 Å². The first-order valence-corrected chi connectivity index (χ1v) is 7.72. The Balaban J connectivity index is 1.92. The van der Waals surface area contributed by atoms with Crippen molar-refractivity contribution in [2.45, 2.75) is 38.3 Å². The topological polar surface area (TPSA) is 29.3 Å². The number of hydrogen-bond donors (Lipinski definition) is 1. The van der Waals surface area contributed by atoms with Gasteiger partial charge in [-0.2, -0.15) is 0 Å². The summed E-state index contributed by atoms with van der Waals surface area (Å²) in [5.41, 5.74) is 8.72. The second-order valence-corrected chi connectivity index (χ2v) is 6.56. The van der Waals surface area contributed by atoms with Crippen LogP contribution in [0.15, 0.2) is 22.7 Å². The molecule has 1 saturated heterocycles. The number of halogens is 1. The van der Waals surface area contributed by atoms with Crippen molar-refractivity contribution in [1.82, 2.24) is 4.90 Å². The van der Waals surface area contributed by atoms with Gasteiger partial charge in [0.1, 0.15) is 0 Å². The number of rotatable bonds is 3. The van der Waals surface area contributed by atoms with Crippen LogP contribution in [0.25, 0.3) is 0 Å². The Hall–Kier alpha value is -0.380. The van der Waals surface area contributed by atoms with Crippen molar-refractivity contribution < 1.29 is 0 Å². The highest BCUT2D eigenvalue weighted by Crippen LogP contribution is 2.44. The lowest BCUT2D eigenvalue weighted by atomic mass is 9.93. The third kappa shape index (κ3) is 2.24. The first-order valence-electron chi connectivity index (χ1n) is 6.92. The fourth-order valence-electron chi connectivity index (χ4n) is 3.20. The normalized spacial score (nSPS) is 28.8. The molecule has 0 amide bonds. The highest BCUT2D eigenvalue weighted by molar-refractivity contribution is 9.10. The molecule has 1 aromatic rings. The van der Waals surface area contributed by atoms with Crippen LogP contribution >= 0.6 is 15.9 Å². The van der Waals surface area contributed by atoms with Gasteiger partial charge in [0.2, 0.25) is 0 Å². The number of aryl methyl sites for hydroxylation is 1. The zero-order valence-corrected chi connectivity index (χ0v) is 12.5. The molecule has 3 heteroatoms. The van der Waals surface area contributed by atoms with E-state index in [1.807, 2.05) is 0 Å². The van der Waals surface area contributed by atoms with Crippen molar-refractivity contribution in [2.75, 3.05) is 13.1 Å². The zero-order valence-electron chi connectivity index (χ0n) is 10.9. The molecule has 2 fully saturated rings. The SMILES string of the molecule is Cc1ccc(C2C(CN)CCN2C2CC2)cc1Br. The van der Waals surface area contributed by atoms with Gasteiger partial charge in [-0.25, -0.2) is 0 Å². The average Bonchev–Trinajstić information content (AvgIpc) is 3.12. The summed E-state index contributed by atoms with van der Waals surface area (Å²) in [5.74, 6) is 0.625. The van der Waals surface area contributed by atoms with E-state index in [0.29, 0.717) is 12.0 Å². The fraction of sp³-hybridized carbons (Fsp3) is 0.600. The van der Waals surface area contributed by atoms with Crippen LogP contribution in [0, 0.1) is 12.8 Å². The summed E-state index contributed by atoms with van der Waals surface area (Å²) >= 11 is 3.66. The summed E-state index contributed by atoms with van der Waals surface area (Å²) < 4.78 is 1.22. The van der Waals surface area contributed by atoms with Crippen LogP contribution in [0.4, 0.5) is 0 Å². The minimum atomic E-state index is 0.541. The van der Waals surface area contributed by atoms with Crippen LogP contribution < -0.4 is 5.73 Å². The van der Waals surface area contributed by atoms with Gasteiger partial charge in [-0.05, 0) is 62.4 Å². The molecule has 1 aromatic carbocycles. The van der Waals surface area contributed by atoms with Gasteiger partial charge >= 0.3 is 0 Å². The van der Waals surface area contributed by atoms with E-state index in [4.69, 9.17) is 5.73 Å². The van der Waals surface area contributed by atoms with Crippen LogP contribution in [0.1, 0.15) is 36.4 Å². The predicted octanol–water partition coefficient (Wildman–Crippen LogP) is 3.24. The Labute approximate surface area is 118 Å². The summed E-state index contributed by atoms with van der Waals surface area (Å²) in [6.07, 6.45) is 4.00. The van der Waals surface area contributed by atoms with E-state index >= 15 is 0 Å². The highest BCUT2D eigenvalue weighted by atomic mass is 79.9. The van der Waals surface area contributed by atoms with Gasteiger partial charge in [-0.1, -0.05) is 28.1 Å². The van der Waals surface area contributed by atoms with Crippen LogP contribution in [0.2, 0.25) is 0 Å². The molecule has 0 radical (unpaired) electrons. The van der Waals surface area contributed by atoms with Gasteiger partial charge in [0.15, 0.2) is 0 Å². The Morgan fingerprint density at radius 2 is 2.11 bits per heavy atom. The summed E-state index contributed by atoms with van der Waals surface area (Å²) in [6.45, 7) is 4.17. The summed E-state index contributed by atoms with van der Waals surface area (Å²) in [4.78, 5) is 2.69. The third-order valence-electron chi connectivity index (χ3n) is 4.42. The van der Waals surface area contributed by atoms with Gasteiger partial charge in [0.25, 0.3) is 0 Å². The van der Waals surface area contributed by atoms with Crippen LogP contribution in [-0.2, 0) is 0 Å². The van der Waals surface area contributed by atoms with Gasteiger partial charge in [0.05, 0.1) is 0 Å². The molecule has 0 bridgehead atoms. The second-order valence-electron chi connectivity index (χ2n) is 5.71. The van der Waals surface area contributed by atoms with E-state index in [1.165, 1.54) is 41.4 Å². The molecule has 2 N–H and O–H groups in total. The molecule has 1 aliphatic carbocycles. The van der Waals surface area contributed by atoms with E-state index in [0.717, 1.165) is 12.6 Å². The first kappa shape index (κ1) is 12.6. The van der Waals surface area contributed by atoms with Crippen molar-refractivity contribution in [2.24, 2.45) is 11.7 Å². The van der Waals surface area contributed by atoms with Crippen LogP contribution in [0.3, 0.4) is 0 Å². The average molecular weight is 309 g/mol. The number of nitrogens with two attached hydrogens (primary N) is 1. The Bertz CT molecular complexity index is 442. The maximum Gasteiger partial charge on any atom is 0.0392 e. The number of benzene rings is 1. The molecule has 2 nitrogen and oxygen atoms in total. The van der Waals surface area contributed by atoms with E-state index in [9.17, 15) is 0 Å². The fourth-order valence-corrected chi connectivity index (χ4v) is 3.60. The second kappa shape index (κ2) is 4.95. The van der Waals surface area contributed by atoms with E-state index < -0.39 is 0 Å². The first-order chi connectivity index (χ1) is 8.70. The van der Waals surface area contributed by atoms with Gasteiger partial charge < -0.3 is 5.73 Å². The molecule has 2 unspecified atom stereocenters. The smallest absolute Gasteiger partial charge is 0.0392 e. The molecular formula is C15H21BrN2. The van der Waals surface area contributed by atoms with Crippen molar-refractivity contribution in [1.29, 1.82) is 0 Å². The largest absolute Gasteiger partial charge is 0.330 e. The lowest BCUT2D eigenvalue weighted by Gasteiger charge is -2.28. The zero-order chi connectivity index (χ0) is 12.7. The molecule has 98 valence electrons. The van der Waals surface area contributed by atoms with Gasteiger partial charge in [-0.3, -0.25) is 4.90 Å². The third-order valence-corrected chi connectivity index (χ3v) is 5.27. The lowest BCUT2D eigenvalue weighted by molar-refractivity contribution is 0.220. The molecule has 1 heterocycles. The molecule has 2 atom stereocenters. The molecule has 0 aromatic heterocycles. The van der Waals surface area contributed by atoms with Crippen molar-refractivity contribution in [3.8, 4) is 0 Å². The monoisotopic (exact) mass is 308 g/mol. The standard InChI is InChI=1S/C15H21BrN2/c1-10-2-3-11(8-14(10)16)15-12(9-17)6-7-18(15)13-4-5-13/h2-3,8,12-13,15H,4-7,9,17H2,1H3. The highest BCUT2D eigenvalue weighted by Gasteiger charge is 2.42. The molecule has 0 spiro atoms. The molecule has 1 saturated carbocycles. The molecule has 1 aliphatic heterocycles. The molecule has 2 aliphatic rings. The summed E-state index contributed by atoms with van der Waals surface area (Å²) in [5, 5.41) is 0. The quantitative estimate of drug-likeness (QED) is 0.929. The van der Waals surface area contributed by atoms with Crippen molar-refractivity contribution in [3.63, 3.8) is 0 Å². The van der Waals surface area contributed by atoms with Crippen molar-refractivity contribution in [3.05, 3.63) is 33.8 Å². The molecular weight excluding hydrogens is 288 g/mol. The van der Waals surface area contributed by atoms with Crippen molar-refractivity contribution >= 4 is 15.9 Å². The van der Waals surface area contributed by atoms with E-state index in [-0.39, 0.29) is 0 Å². The van der Waals surface area contributed by atoms with E-state index in [2.05, 4.69) is 46.0 Å². The van der Waals surface area contributed by atoms with Gasteiger partial charge in [-0.15, -0.1) is 0 Å². The number of likely N-dealkylation sites (tertiary alicyclic amines) is 1. The Morgan fingerprint density at radius 3 is 2.72 bits per heavy atom.